The van der Waals surface area contributed by atoms with Crippen molar-refractivity contribution in [3.05, 3.63) is 52.8 Å². The zero-order valence-corrected chi connectivity index (χ0v) is 11.6. The van der Waals surface area contributed by atoms with Crippen molar-refractivity contribution in [2.24, 2.45) is 0 Å². The van der Waals surface area contributed by atoms with Crippen LogP contribution >= 0.6 is 23.2 Å². The Morgan fingerprint density at radius 1 is 1.11 bits per heavy atom. The van der Waals surface area contributed by atoms with Crippen molar-refractivity contribution in [2.75, 3.05) is 7.11 Å². The van der Waals surface area contributed by atoms with Gasteiger partial charge in [0.15, 0.2) is 0 Å². The molecule has 3 aromatic rings. The van der Waals surface area contributed by atoms with Crippen LogP contribution in [0.4, 0.5) is 0 Å². The van der Waals surface area contributed by atoms with E-state index in [2.05, 4.69) is 4.98 Å². The molecule has 0 aliphatic carbocycles. The molecule has 0 amide bonds. The van der Waals surface area contributed by atoms with E-state index in [4.69, 9.17) is 27.9 Å². The van der Waals surface area contributed by atoms with E-state index in [0.717, 1.165) is 16.9 Å². The van der Waals surface area contributed by atoms with Crippen LogP contribution < -0.4 is 4.74 Å². The molecule has 2 aromatic heterocycles. The van der Waals surface area contributed by atoms with Gasteiger partial charge in [0.25, 0.3) is 0 Å². The number of pyridine rings is 1. The third-order valence-electron chi connectivity index (χ3n) is 2.86. The van der Waals surface area contributed by atoms with Gasteiger partial charge in [0, 0.05) is 18.0 Å². The molecule has 0 spiro atoms. The van der Waals surface area contributed by atoms with Crippen LogP contribution in [0.15, 0.2) is 42.7 Å². The zero-order chi connectivity index (χ0) is 13.4. The Bertz CT molecular complexity index is 752. The van der Waals surface area contributed by atoms with Crippen LogP contribution in [-0.4, -0.2) is 16.5 Å². The summed E-state index contributed by atoms with van der Waals surface area (Å²) in [4.78, 5) is 4.53. The second-order valence-corrected chi connectivity index (χ2v) is 4.93. The molecule has 19 heavy (non-hydrogen) atoms. The zero-order valence-electron chi connectivity index (χ0n) is 10.1. The quantitative estimate of drug-likeness (QED) is 0.703. The van der Waals surface area contributed by atoms with E-state index in [-0.39, 0.29) is 0 Å². The summed E-state index contributed by atoms with van der Waals surface area (Å²) in [6.07, 6.45) is 3.73. The number of ether oxygens (including phenoxy) is 1. The lowest BCUT2D eigenvalue weighted by Crippen LogP contribution is -1.85. The molecule has 3 nitrogen and oxygen atoms in total. The van der Waals surface area contributed by atoms with Crippen molar-refractivity contribution in [1.82, 2.24) is 9.38 Å². The van der Waals surface area contributed by atoms with Gasteiger partial charge in [-0.1, -0.05) is 23.2 Å². The monoisotopic (exact) mass is 292 g/mol. The van der Waals surface area contributed by atoms with E-state index in [0.29, 0.717) is 15.8 Å². The largest absolute Gasteiger partial charge is 0.495 e. The van der Waals surface area contributed by atoms with Gasteiger partial charge in [-0.3, -0.25) is 0 Å². The molecule has 0 fully saturated rings. The van der Waals surface area contributed by atoms with Gasteiger partial charge < -0.3 is 9.14 Å². The molecule has 0 radical (unpaired) electrons. The lowest BCUT2D eigenvalue weighted by Gasteiger charge is -2.03. The lowest BCUT2D eigenvalue weighted by molar-refractivity contribution is 0.415. The predicted molar refractivity (Wildman–Crippen MR) is 77.2 cm³/mol. The highest BCUT2D eigenvalue weighted by Crippen LogP contribution is 2.30. The molecule has 0 unspecified atom stereocenters. The van der Waals surface area contributed by atoms with Gasteiger partial charge in [0.1, 0.15) is 11.4 Å². The SMILES string of the molecule is COc1ccc(-c2cn3cc(Cl)ccc3n2)cc1Cl. The number of hydrogen-bond donors (Lipinski definition) is 0. The molecule has 0 aliphatic rings. The lowest BCUT2D eigenvalue weighted by atomic mass is 10.1. The van der Waals surface area contributed by atoms with Gasteiger partial charge >= 0.3 is 0 Å². The standard InChI is InChI=1S/C14H10Cl2N2O/c1-19-13-4-2-9(6-11(13)16)12-8-18-7-10(15)3-5-14(18)17-12/h2-8H,1H3. The molecular weight excluding hydrogens is 283 g/mol. The van der Waals surface area contributed by atoms with Gasteiger partial charge in [0.2, 0.25) is 0 Å². The molecule has 1 aromatic carbocycles. The topological polar surface area (TPSA) is 26.5 Å². The van der Waals surface area contributed by atoms with E-state index < -0.39 is 0 Å². The maximum atomic E-state index is 6.12. The number of benzene rings is 1. The van der Waals surface area contributed by atoms with Crippen LogP contribution in [-0.2, 0) is 0 Å². The fourth-order valence-corrected chi connectivity index (χ4v) is 2.36. The van der Waals surface area contributed by atoms with Gasteiger partial charge in [0.05, 0.1) is 22.8 Å². The first-order valence-electron chi connectivity index (χ1n) is 5.65. The Morgan fingerprint density at radius 3 is 2.68 bits per heavy atom. The molecule has 0 saturated heterocycles. The first kappa shape index (κ1) is 12.3. The summed E-state index contributed by atoms with van der Waals surface area (Å²) in [6.45, 7) is 0. The smallest absolute Gasteiger partial charge is 0.137 e. The Kier molecular flexibility index (Phi) is 3.09. The Hall–Kier alpha value is -1.71. The molecule has 0 saturated carbocycles. The molecule has 2 heterocycles. The third-order valence-corrected chi connectivity index (χ3v) is 3.38. The first-order chi connectivity index (χ1) is 9.17. The second-order valence-electron chi connectivity index (χ2n) is 4.09. The van der Waals surface area contributed by atoms with E-state index >= 15 is 0 Å². The summed E-state index contributed by atoms with van der Waals surface area (Å²) in [7, 11) is 1.59. The third kappa shape index (κ3) is 2.27. The van der Waals surface area contributed by atoms with Crippen molar-refractivity contribution >= 4 is 28.8 Å². The number of nitrogens with zero attached hydrogens (tertiary/aromatic N) is 2. The second kappa shape index (κ2) is 4.76. The fourth-order valence-electron chi connectivity index (χ4n) is 1.93. The maximum Gasteiger partial charge on any atom is 0.137 e. The first-order valence-corrected chi connectivity index (χ1v) is 6.41. The van der Waals surface area contributed by atoms with E-state index in [1.165, 1.54) is 0 Å². The van der Waals surface area contributed by atoms with Crippen molar-refractivity contribution in [3.63, 3.8) is 0 Å². The molecule has 3 rings (SSSR count). The van der Waals surface area contributed by atoms with Gasteiger partial charge in [-0.05, 0) is 30.3 Å². The Labute approximate surface area is 120 Å². The van der Waals surface area contributed by atoms with Crippen molar-refractivity contribution < 1.29 is 4.74 Å². The minimum absolute atomic E-state index is 0.565. The maximum absolute atomic E-state index is 6.12. The summed E-state index contributed by atoms with van der Waals surface area (Å²) >= 11 is 12.1. The number of rotatable bonds is 2. The van der Waals surface area contributed by atoms with Crippen LogP contribution in [0.2, 0.25) is 10.0 Å². The predicted octanol–water partition coefficient (Wildman–Crippen LogP) is 4.32. The average Bonchev–Trinajstić information content (AvgIpc) is 2.81. The summed E-state index contributed by atoms with van der Waals surface area (Å²) in [5.41, 5.74) is 2.61. The highest BCUT2D eigenvalue weighted by molar-refractivity contribution is 6.32. The average molecular weight is 293 g/mol. The summed E-state index contributed by atoms with van der Waals surface area (Å²) in [5.74, 6) is 0.650. The van der Waals surface area contributed by atoms with Crippen LogP contribution in [0, 0.1) is 0 Å². The van der Waals surface area contributed by atoms with Crippen LogP contribution in [0.5, 0.6) is 5.75 Å². The molecule has 96 valence electrons. The number of halogens is 2. The van der Waals surface area contributed by atoms with Crippen molar-refractivity contribution in [3.8, 4) is 17.0 Å². The summed E-state index contributed by atoms with van der Waals surface area (Å²) < 4.78 is 7.02. The fraction of sp³-hybridized carbons (Fsp3) is 0.0714. The number of methoxy groups -OCH3 is 1. The Balaban J connectivity index is 2.11. The number of fused-ring (bicyclic) bond motifs is 1. The number of aromatic nitrogens is 2. The van der Waals surface area contributed by atoms with E-state index in [1.54, 1.807) is 7.11 Å². The van der Waals surface area contributed by atoms with Crippen molar-refractivity contribution in [2.45, 2.75) is 0 Å². The molecule has 0 N–H and O–H groups in total. The van der Waals surface area contributed by atoms with Crippen LogP contribution in [0.3, 0.4) is 0 Å². The molecule has 0 bridgehead atoms. The highest BCUT2D eigenvalue weighted by atomic mass is 35.5. The molecule has 5 heteroatoms. The normalized spacial score (nSPS) is 10.9. The molecular formula is C14H10Cl2N2O. The highest BCUT2D eigenvalue weighted by Gasteiger charge is 2.07. The number of imidazole rings is 1. The summed E-state index contributed by atoms with van der Waals surface area (Å²) in [6, 6.07) is 9.28. The van der Waals surface area contributed by atoms with Crippen molar-refractivity contribution in [1.29, 1.82) is 0 Å². The molecule has 0 aliphatic heterocycles. The molecule has 0 atom stereocenters. The van der Waals surface area contributed by atoms with Gasteiger partial charge in [-0.15, -0.1) is 0 Å². The van der Waals surface area contributed by atoms with Gasteiger partial charge in [-0.25, -0.2) is 4.98 Å². The summed E-state index contributed by atoms with van der Waals surface area (Å²) in [5, 5.41) is 1.24. The van der Waals surface area contributed by atoms with Crippen LogP contribution in [0.1, 0.15) is 0 Å². The number of hydrogen-bond acceptors (Lipinski definition) is 2. The van der Waals surface area contributed by atoms with E-state index in [1.807, 2.05) is 47.1 Å². The minimum atomic E-state index is 0.565. The Morgan fingerprint density at radius 2 is 1.95 bits per heavy atom. The minimum Gasteiger partial charge on any atom is -0.495 e. The van der Waals surface area contributed by atoms with Crippen LogP contribution in [0.25, 0.3) is 16.9 Å². The van der Waals surface area contributed by atoms with Gasteiger partial charge in [-0.2, -0.15) is 0 Å². The van der Waals surface area contributed by atoms with E-state index in [9.17, 15) is 0 Å².